The Bertz CT molecular complexity index is 1010. The van der Waals surface area contributed by atoms with E-state index in [1.165, 1.54) is 48.5 Å². The minimum absolute atomic E-state index is 0.0608. The third-order valence-electron chi connectivity index (χ3n) is 3.90. The molecule has 0 saturated carbocycles. The minimum Gasteiger partial charge on any atom is -0.451 e. The van der Waals surface area contributed by atoms with Gasteiger partial charge >= 0.3 is 6.18 Å². The number of furan rings is 1. The van der Waals surface area contributed by atoms with Crippen LogP contribution in [0, 0.1) is 10.1 Å². The lowest BCUT2D eigenvalue weighted by atomic mass is 10.1. The van der Waals surface area contributed by atoms with E-state index in [2.05, 4.69) is 5.32 Å². The van der Waals surface area contributed by atoms with E-state index in [4.69, 9.17) is 4.42 Å². The molecule has 9 heteroatoms. The average molecular weight is 390 g/mol. The van der Waals surface area contributed by atoms with Gasteiger partial charge in [0, 0.05) is 24.2 Å². The van der Waals surface area contributed by atoms with Gasteiger partial charge in [-0.05, 0) is 29.8 Å². The molecule has 1 amide bonds. The predicted molar refractivity (Wildman–Crippen MR) is 93.4 cm³/mol. The lowest BCUT2D eigenvalue weighted by Crippen LogP contribution is -2.22. The monoisotopic (exact) mass is 390 g/mol. The van der Waals surface area contributed by atoms with E-state index in [0.29, 0.717) is 5.56 Å². The number of benzene rings is 2. The topological polar surface area (TPSA) is 85.4 Å². The molecule has 3 rings (SSSR count). The zero-order valence-electron chi connectivity index (χ0n) is 14.2. The summed E-state index contributed by atoms with van der Waals surface area (Å²) in [5.74, 6) is -0.488. The number of non-ortho nitro benzene ring substituents is 1. The number of carbonyl (C=O) groups is 1. The van der Waals surface area contributed by atoms with Gasteiger partial charge in [-0.2, -0.15) is 13.2 Å². The molecule has 0 saturated heterocycles. The summed E-state index contributed by atoms with van der Waals surface area (Å²) in [6.07, 6.45) is -4.48. The Morgan fingerprint density at radius 3 is 2.43 bits per heavy atom. The fourth-order valence-corrected chi connectivity index (χ4v) is 2.47. The van der Waals surface area contributed by atoms with E-state index < -0.39 is 22.6 Å². The Balaban J connectivity index is 1.68. The summed E-state index contributed by atoms with van der Waals surface area (Å²) in [6.45, 7) is 0.108. The number of hydrogen-bond acceptors (Lipinski definition) is 4. The molecule has 1 aromatic heterocycles. The molecule has 0 bridgehead atoms. The van der Waals surface area contributed by atoms with Crippen LogP contribution in [0.3, 0.4) is 0 Å². The van der Waals surface area contributed by atoms with Gasteiger partial charge in [0.05, 0.1) is 10.5 Å². The van der Waals surface area contributed by atoms with Crippen molar-refractivity contribution < 1.29 is 27.3 Å². The van der Waals surface area contributed by atoms with Gasteiger partial charge < -0.3 is 9.73 Å². The summed E-state index contributed by atoms with van der Waals surface area (Å²) in [5.41, 5.74) is -0.0368. The quantitative estimate of drug-likeness (QED) is 0.501. The molecule has 0 aliphatic carbocycles. The number of nitro groups is 1. The minimum atomic E-state index is -4.48. The van der Waals surface area contributed by atoms with Crippen molar-refractivity contribution in [2.45, 2.75) is 12.7 Å². The van der Waals surface area contributed by atoms with Gasteiger partial charge in [-0.1, -0.05) is 24.3 Å². The third kappa shape index (κ3) is 4.37. The van der Waals surface area contributed by atoms with Crippen molar-refractivity contribution in [2.75, 3.05) is 0 Å². The second-order valence-electron chi connectivity index (χ2n) is 5.85. The van der Waals surface area contributed by atoms with Crippen LogP contribution < -0.4 is 5.32 Å². The average Bonchev–Trinajstić information content (AvgIpc) is 3.16. The standard InChI is InChI=1S/C19H13F3N2O4/c20-19(21,22)14-3-1-2-13(10-14)16-8-9-17(28-16)18(25)23-11-12-4-6-15(7-5-12)24(26)27/h1-10H,11H2,(H,23,25). The van der Waals surface area contributed by atoms with Gasteiger partial charge in [0.1, 0.15) is 5.76 Å². The van der Waals surface area contributed by atoms with E-state index in [1.807, 2.05) is 0 Å². The van der Waals surface area contributed by atoms with Crippen molar-refractivity contribution in [3.05, 3.63) is 87.7 Å². The maximum Gasteiger partial charge on any atom is 0.416 e. The Morgan fingerprint density at radius 1 is 1.07 bits per heavy atom. The summed E-state index contributed by atoms with van der Waals surface area (Å²) in [7, 11) is 0. The summed E-state index contributed by atoms with van der Waals surface area (Å²) >= 11 is 0. The van der Waals surface area contributed by atoms with Gasteiger partial charge in [0.15, 0.2) is 5.76 Å². The van der Waals surface area contributed by atoms with Crippen LogP contribution in [0.2, 0.25) is 0 Å². The van der Waals surface area contributed by atoms with Crippen LogP contribution in [0.25, 0.3) is 11.3 Å². The molecular weight excluding hydrogens is 377 g/mol. The fourth-order valence-electron chi connectivity index (χ4n) is 2.47. The van der Waals surface area contributed by atoms with Crippen molar-refractivity contribution in [1.82, 2.24) is 5.32 Å². The van der Waals surface area contributed by atoms with Crippen LogP contribution in [0.4, 0.5) is 18.9 Å². The molecule has 3 aromatic rings. The Morgan fingerprint density at radius 2 is 1.79 bits per heavy atom. The van der Waals surface area contributed by atoms with Crippen LogP contribution >= 0.6 is 0 Å². The molecule has 6 nitrogen and oxygen atoms in total. The molecule has 2 aromatic carbocycles. The number of alkyl halides is 3. The summed E-state index contributed by atoms with van der Waals surface area (Å²) in [4.78, 5) is 22.3. The van der Waals surface area contributed by atoms with E-state index >= 15 is 0 Å². The second kappa shape index (κ2) is 7.55. The van der Waals surface area contributed by atoms with E-state index in [-0.39, 0.29) is 29.3 Å². The molecule has 0 atom stereocenters. The zero-order chi connectivity index (χ0) is 20.3. The van der Waals surface area contributed by atoms with E-state index in [1.54, 1.807) is 0 Å². The number of nitrogens with zero attached hydrogens (tertiary/aromatic N) is 1. The SMILES string of the molecule is O=C(NCc1ccc([N+](=O)[O-])cc1)c1ccc(-c2cccc(C(F)(F)F)c2)o1. The highest BCUT2D eigenvalue weighted by atomic mass is 19.4. The predicted octanol–water partition coefficient (Wildman–Crippen LogP) is 4.80. The number of carbonyl (C=O) groups excluding carboxylic acids is 1. The third-order valence-corrected chi connectivity index (χ3v) is 3.90. The fraction of sp³-hybridized carbons (Fsp3) is 0.105. The van der Waals surface area contributed by atoms with E-state index in [0.717, 1.165) is 12.1 Å². The molecule has 0 aliphatic rings. The number of rotatable bonds is 5. The van der Waals surface area contributed by atoms with Crippen LogP contribution in [0.5, 0.6) is 0 Å². The molecule has 28 heavy (non-hydrogen) atoms. The van der Waals surface area contributed by atoms with Crippen LogP contribution in [-0.2, 0) is 12.7 Å². The summed E-state index contributed by atoms with van der Waals surface area (Å²) in [6, 6.07) is 13.0. The van der Waals surface area contributed by atoms with Gasteiger partial charge in [-0.25, -0.2) is 0 Å². The summed E-state index contributed by atoms with van der Waals surface area (Å²) < 4.78 is 43.8. The maximum absolute atomic E-state index is 12.8. The number of amides is 1. The van der Waals surface area contributed by atoms with Gasteiger partial charge in [0.25, 0.3) is 11.6 Å². The molecule has 1 heterocycles. The maximum atomic E-state index is 12.8. The lowest BCUT2D eigenvalue weighted by molar-refractivity contribution is -0.384. The molecule has 144 valence electrons. The molecule has 1 N–H and O–H groups in total. The number of nitrogens with one attached hydrogen (secondary N) is 1. The first-order valence-electron chi connectivity index (χ1n) is 8.03. The van der Waals surface area contributed by atoms with Gasteiger partial charge in [-0.15, -0.1) is 0 Å². The molecule has 0 unspecified atom stereocenters. The molecule has 0 fully saturated rings. The normalized spacial score (nSPS) is 11.2. The van der Waals surface area contributed by atoms with Crippen LogP contribution in [-0.4, -0.2) is 10.8 Å². The first kappa shape index (κ1) is 19.2. The zero-order valence-corrected chi connectivity index (χ0v) is 14.2. The second-order valence-corrected chi connectivity index (χ2v) is 5.85. The van der Waals surface area contributed by atoms with Crippen LogP contribution in [0.1, 0.15) is 21.7 Å². The Labute approximate surface area is 156 Å². The molecular formula is C19H13F3N2O4. The van der Waals surface area contributed by atoms with Crippen LogP contribution in [0.15, 0.2) is 65.1 Å². The highest BCUT2D eigenvalue weighted by Gasteiger charge is 2.30. The van der Waals surface area contributed by atoms with Crippen molar-refractivity contribution >= 4 is 11.6 Å². The van der Waals surface area contributed by atoms with Crippen molar-refractivity contribution in [3.63, 3.8) is 0 Å². The Kier molecular flexibility index (Phi) is 5.16. The number of halogens is 3. The highest BCUT2D eigenvalue weighted by molar-refractivity contribution is 5.92. The smallest absolute Gasteiger partial charge is 0.416 e. The lowest BCUT2D eigenvalue weighted by Gasteiger charge is -2.07. The van der Waals surface area contributed by atoms with Gasteiger partial charge in [0.2, 0.25) is 0 Å². The van der Waals surface area contributed by atoms with Crippen molar-refractivity contribution in [1.29, 1.82) is 0 Å². The van der Waals surface area contributed by atoms with Crippen molar-refractivity contribution in [3.8, 4) is 11.3 Å². The number of hydrogen-bond donors (Lipinski definition) is 1. The molecule has 0 spiro atoms. The highest BCUT2D eigenvalue weighted by Crippen LogP contribution is 2.32. The largest absolute Gasteiger partial charge is 0.451 e. The first-order chi connectivity index (χ1) is 13.2. The van der Waals surface area contributed by atoms with Gasteiger partial charge in [-0.3, -0.25) is 14.9 Å². The first-order valence-corrected chi connectivity index (χ1v) is 8.03. The Hall–Kier alpha value is -3.62. The summed E-state index contributed by atoms with van der Waals surface area (Å²) in [5, 5.41) is 13.2. The number of nitro benzene ring substituents is 1. The molecule has 0 radical (unpaired) electrons. The van der Waals surface area contributed by atoms with E-state index in [9.17, 15) is 28.1 Å². The van der Waals surface area contributed by atoms with Crippen molar-refractivity contribution in [2.24, 2.45) is 0 Å². The molecule has 0 aliphatic heterocycles.